The van der Waals surface area contributed by atoms with Crippen molar-refractivity contribution in [3.8, 4) is 17.2 Å². The summed E-state index contributed by atoms with van der Waals surface area (Å²) in [5.74, 6) is 0.338. The van der Waals surface area contributed by atoms with Crippen molar-refractivity contribution in [2.75, 3.05) is 33.3 Å². The molecule has 0 saturated carbocycles. The van der Waals surface area contributed by atoms with Crippen molar-refractivity contribution in [3.63, 3.8) is 0 Å². The maximum atomic E-state index is 12.2. The smallest absolute Gasteiger partial charge is 0.306 e. The summed E-state index contributed by atoms with van der Waals surface area (Å²) >= 11 is 1.62. The molecule has 0 saturated heterocycles. The summed E-state index contributed by atoms with van der Waals surface area (Å²) in [7, 11) is 4.47. The van der Waals surface area contributed by atoms with Crippen LogP contribution in [-0.4, -0.2) is 44.8 Å². The van der Waals surface area contributed by atoms with Crippen LogP contribution in [0, 0.1) is 0 Å². The van der Waals surface area contributed by atoms with E-state index in [0.29, 0.717) is 35.8 Å². The molecule has 31 heavy (non-hydrogen) atoms. The Morgan fingerprint density at radius 3 is 2.39 bits per heavy atom. The number of aryl methyl sites for hydroxylation is 1. The van der Waals surface area contributed by atoms with Gasteiger partial charge in [0.15, 0.2) is 18.1 Å². The van der Waals surface area contributed by atoms with Crippen LogP contribution in [0.15, 0.2) is 36.4 Å². The molecule has 0 bridgehead atoms. The first kappa shape index (κ1) is 22.4. The topological polar surface area (TPSA) is 96.0 Å². The van der Waals surface area contributed by atoms with Crippen LogP contribution in [0.4, 0.5) is 5.69 Å². The maximum absolute atomic E-state index is 12.2. The molecule has 1 N–H and O–H groups in total. The Kier molecular flexibility index (Phi) is 7.66. The van der Waals surface area contributed by atoms with Gasteiger partial charge in [-0.15, -0.1) is 11.3 Å². The lowest BCUT2D eigenvalue weighted by molar-refractivity contribution is -0.147. The van der Waals surface area contributed by atoms with Crippen molar-refractivity contribution in [1.82, 2.24) is 4.98 Å². The van der Waals surface area contributed by atoms with Gasteiger partial charge in [-0.2, -0.15) is 0 Å². The van der Waals surface area contributed by atoms with E-state index in [1.165, 1.54) is 21.3 Å². The van der Waals surface area contributed by atoms with Gasteiger partial charge in [0, 0.05) is 24.2 Å². The Morgan fingerprint density at radius 1 is 1.03 bits per heavy atom. The van der Waals surface area contributed by atoms with Crippen LogP contribution in [0.25, 0.3) is 10.2 Å². The van der Waals surface area contributed by atoms with E-state index in [9.17, 15) is 9.59 Å². The number of hydrogen-bond donors (Lipinski definition) is 1. The summed E-state index contributed by atoms with van der Waals surface area (Å²) < 4.78 is 22.0. The number of carbonyl (C=O) groups excluding carboxylic acids is 2. The molecule has 3 rings (SSSR count). The quantitative estimate of drug-likeness (QED) is 0.475. The molecule has 3 aromatic rings. The molecule has 0 unspecified atom stereocenters. The van der Waals surface area contributed by atoms with E-state index in [2.05, 4.69) is 10.3 Å². The fraction of sp³-hybridized carbons (Fsp3) is 0.318. The number of rotatable bonds is 10. The van der Waals surface area contributed by atoms with Crippen LogP contribution < -0.4 is 19.5 Å². The number of carbonyl (C=O) groups is 2. The van der Waals surface area contributed by atoms with E-state index in [1.807, 2.05) is 24.3 Å². The van der Waals surface area contributed by atoms with Crippen molar-refractivity contribution >= 4 is 39.1 Å². The van der Waals surface area contributed by atoms with E-state index in [1.54, 1.807) is 23.5 Å². The van der Waals surface area contributed by atoms with E-state index in [4.69, 9.17) is 18.9 Å². The molecule has 0 radical (unpaired) electrons. The minimum Gasteiger partial charge on any atom is -0.493 e. The molecule has 9 heteroatoms. The van der Waals surface area contributed by atoms with Gasteiger partial charge in [0.25, 0.3) is 5.91 Å². The van der Waals surface area contributed by atoms with Gasteiger partial charge in [0.2, 0.25) is 5.75 Å². The van der Waals surface area contributed by atoms with Gasteiger partial charge in [0.05, 0.1) is 36.6 Å². The molecule has 0 aliphatic heterocycles. The number of thiazole rings is 1. The third kappa shape index (κ3) is 5.85. The number of nitrogens with one attached hydrogen (secondary N) is 1. The van der Waals surface area contributed by atoms with Crippen LogP contribution in [0.5, 0.6) is 17.2 Å². The Morgan fingerprint density at radius 2 is 1.74 bits per heavy atom. The fourth-order valence-corrected chi connectivity index (χ4v) is 3.99. The normalized spacial score (nSPS) is 10.5. The fourth-order valence-electron chi connectivity index (χ4n) is 2.98. The Bertz CT molecular complexity index is 1010. The molecule has 1 amide bonds. The number of amides is 1. The van der Waals surface area contributed by atoms with E-state index in [0.717, 1.165) is 15.2 Å². The van der Waals surface area contributed by atoms with Gasteiger partial charge in [0.1, 0.15) is 0 Å². The van der Waals surface area contributed by atoms with Crippen molar-refractivity contribution in [2.24, 2.45) is 0 Å². The molecule has 8 nitrogen and oxygen atoms in total. The summed E-state index contributed by atoms with van der Waals surface area (Å²) in [6.07, 6.45) is 1.51. The SMILES string of the molecule is COc1cc(NC(=O)COC(=O)CCCc2nc3ccccc3s2)cc(OC)c1OC. The first-order valence-corrected chi connectivity index (χ1v) is 10.5. The Labute approximate surface area is 184 Å². The molecular weight excluding hydrogens is 420 g/mol. The summed E-state index contributed by atoms with van der Waals surface area (Å²) in [5.41, 5.74) is 1.40. The third-order valence-corrected chi connectivity index (χ3v) is 5.52. The van der Waals surface area contributed by atoms with Crippen molar-refractivity contribution in [1.29, 1.82) is 0 Å². The van der Waals surface area contributed by atoms with Crippen LogP contribution in [0.1, 0.15) is 17.8 Å². The second kappa shape index (κ2) is 10.6. The lowest BCUT2D eigenvalue weighted by atomic mass is 10.2. The molecule has 1 aromatic heterocycles. The standard InChI is InChI=1S/C22H24N2O6S/c1-27-16-11-14(12-17(28-2)22(16)29-3)23-19(25)13-30-21(26)10-6-9-20-24-15-7-4-5-8-18(15)31-20/h4-5,7-8,11-12H,6,9-10,13H2,1-3H3,(H,23,25). The molecule has 2 aromatic carbocycles. The number of para-hydroxylation sites is 1. The van der Waals surface area contributed by atoms with Gasteiger partial charge < -0.3 is 24.3 Å². The Hall–Kier alpha value is -3.33. The summed E-state index contributed by atoms with van der Waals surface area (Å²) in [6, 6.07) is 11.1. The highest BCUT2D eigenvalue weighted by Crippen LogP contribution is 2.39. The van der Waals surface area contributed by atoms with Crippen molar-refractivity contribution in [2.45, 2.75) is 19.3 Å². The predicted octanol–water partition coefficient (Wildman–Crippen LogP) is 3.83. The second-order valence-corrected chi connectivity index (χ2v) is 7.67. The summed E-state index contributed by atoms with van der Waals surface area (Å²) in [5, 5.41) is 3.64. The van der Waals surface area contributed by atoms with E-state index < -0.39 is 11.9 Å². The number of nitrogens with zero attached hydrogens (tertiary/aromatic N) is 1. The van der Waals surface area contributed by atoms with Crippen LogP contribution in [0.2, 0.25) is 0 Å². The molecule has 0 atom stereocenters. The minimum absolute atomic E-state index is 0.216. The number of anilines is 1. The van der Waals surface area contributed by atoms with Crippen LogP contribution >= 0.6 is 11.3 Å². The third-order valence-electron chi connectivity index (χ3n) is 4.42. The zero-order chi connectivity index (χ0) is 22.2. The number of hydrogen-bond acceptors (Lipinski definition) is 8. The predicted molar refractivity (Wildman–Crippen MR) is 118 cm³/mol. The number of methoxy groups -OCH3 is 3. The zero-order valence-corrected chi connectivity index (χ0v) is 18.4. The largest absolute Gasteiger partial charge is 0.493 e. The number of aromatic nitrogens is 1. The maximum Gasteiger partial charge on any atom is 0.306 e. The molecule has 0 aliphatic rings. The molecular formula is C22H24N2O6S. The number of benzene rings is 2. The zero-order valence-electron chi connectivity index (χ0n) is 17.6. The molecule has 0 fully saturated rings. The average Bonchev–Trinajstić information content (AvgIpc) is 3.19. The van der Waals surface area contributed by atoms with Crippen LogP contribution in [-0.2, 0) is 20.7 Å². The minimum atomic E-state index is -0.464. The second-order valence-electron chi connectivity index (χ2n) is 6.55. The number of fused-ring (bicyclic) bond motifs is 1. The highest BCUT2D eigenvalue weighted by Gasteiger charge is 2.15. The lowest BCUT2D eigenvalue weighted by Crippen LogP contribution is -2.21. The van der Waals surface area contributed by atoms with Gasteiger partial charge in [-0.1, -0.05) is 12.1 Å². The van der Waals surface area contributed by atoms with Crippen molar-refractivity contribution < 1.29 is 28.5 Å². The van der Waals surface area contributed by atoms with E-state index in [-0.39, 0.29) is 13.0 Å². The number of ether oxygens (including phenoxy) is 4. The summed E-state index contributed by atoms with van der Waals surface area (Å²) in [6.45, 7) is -0.378. The first-order valence-electron chi connectivity index (χ1n) is 9.64. The lowest BCUT2D eigenvalue weighted by Gasteiger charge is -2.14. The molecule has 164 valence electrons. The first-order chi connectivity index (χ1) is 15.0. The highest BCUT2D eigenvalue weighted by molar-refractivity contribution is 7.18. The van der Waals surface area contributed by atoms with Crippen molar-refractivity contribution in [3.05, 3.63) is 41.4 Å². The molecule has 0 spiro atoms. The molecule has 1 heterocycles. The van der Waals surface area contributed by atoms with Gasteiger partial charge in [-0.05, 0) is 25.0 Å². The average molecular weight is 445 g/mol. The highest BCUT2D eigenvalue weighted by atomic mass is 32.1. The van der Waals surface area contributed by atoms with Gasteiger partial charge >= 0.3 is 5.97 Å². The van der Waals surface area contributed by atoms with Gasteiger partial charge in [-0.3, -0.25) is 9.59 Å². The van der Waals surface area contributed by atoms with Gasteiger partial charge in [-0.25, -0.2) is 4.98 Å². The monoisotopic (exact) mass is 444 g/mol. The summed E-state index contributed by atoms with van der Waals surface area (Å²) in [4.78, 5) is 28.7. The van der Waals surface area contributed by atoms with Crippen LogP contribution in [0.3, 0.4) is 0 Å². The molecule has 0 aliphatic carbocycles. The van der Waals surface area contributed by atoms with E-state index >= 15 is 0 Å². The number of esters is 1. The Balaban J connectivity index is 1.45.